The first kappa shape index (κ1) is 4.69. The van der Waals surface area contributed by atoms with Gasteiger partial charge < -0.3 is 4.90 Å². The fraction of sp³-hybridized carbons (Fsp3) is 0.667. The molecule has 1 fully saturated rings. The van der Waals surface area contributed by atoms with Gasteiger partial charge in [0.25, 0.3) is 0 Å². The van der Waals surface area contributed by atoms with Gasteiger partial charge in [-0.15, -0.1) is 0 Å². The minimum absolute atomic E-state index is 0.727. The minimum atomic E-state index is 0.727. The van der Waals surface area contributed by atoms with Crippen LogP contribution in [0.4, 0.5) is 0 Å². The van der Waals surface area contributed by atoms with Gasteiger partial charge in [-0.3, -0.25) is 0 Å². The molecule has 0 aromatic carbocycles. The quantitative estimate of drug-likeness (QED) is 0.411. The van der Waals surface area contributed by atoms with Crippen LogP contribution < -0.4 is 0 Å². The van der Waals surface area contributed by atoms with Gasteiger partial charge in [0.15, 0.2) is 0 Å². The van der Waals surface area contributed by atoms with Gasteiger partial charge >= 0.3 is 0 Å². The van der Waals surface area contributed by atoms with E-state index in [0.29, 0.717) is 0 Å². The molecule has 1 heteroatoms. The third kappa shape index (κ3) is 0.521. The fourth-order valence-corrected chi connectivity index (χ4v) is 0.893. The lowest BCUT2D eigenvalue weighted by molar-refractivity contribution is 0.652. The molecule has 1 aliphatic heterocycles. The molecule has 1 nitrogen and oxygen atoms in total. The Hall–Kier alpha value is -0.460. The van der Waals surface area contributed by atoms with Crippen LogP contribution in [0.25, 0.3) is 0 Å². The van der Waals surface area contributed by atoms with Gasteiger partial charge in [-0.2, -0.15) is 0 Å². The van der Waals surface area contributed by atoms with Gasteiger partial charge in [-0.25, -0.2) is 0 Å². The Morgan fingerprint density at radius 2 is 2.14 bits per heavy atom. The molecular weight excluding hydrogens is 86.1 g/mol. The molecule has 1 atom stereocenters. The van der Waals surface area contributed by atoms with Crippen molar-refractivity contribution in [2.75, 3.05) is 7.05 Å². The van der Waals surface area contributed by atoms with E-state index in [0.717, 1.165) is 6.04 Å². The third-order valence-corrected chi connectivity index (χ3v) is 1.64. The number of allylic oxidation sites excluding steroid dienone is 1. The molecule has 1 rings (SSSR count). The van der Waals surface area contributed by atoms with Crippen LogP contribution in [0.1, 0.15) is 13.8 Å². The summed E-state index contributed by atoms with van der Waals surface area (Å²) in [5, 5.41) is 0. The van der Waals surface area contributed by atoms with Gasteiger partial charge in [0.1, 0.15) is 0 Å². The second-order valence-electron chi connectivity index (χ2n) is 2.00. The topological polar surface area (TPSA) is 3.01 Å². The van der Waals surface area contributed by atoms with Crippen molar-refractivity contribution in [3.05, 3.63) is 11.8 Å². The van der Waals surface area contributed by atoms with Crippen LogP contribution in [-0.4, -0.2) is 18.0 Å². The van der Waals surface area contributed by atoms with E-state index in [4.69, 9.17) is 0 Å². The van der Waals surface area contributed by atoms with Crippen molar-refractivity contribution in [1.29, 1.82) is 0 Å². The molecule has 0 aromatic heterocycles. The molecule has 1 unspecified atom stereocenters. The average Bonchev–Trinajstić information content (AvgIpc) is 2.17. The molecule has 0 N–H and O–H groups in total. The summed E-state index contributed by atoms with van der Waals surface area (Å²) >= 11 is 0. The molecule has 1 heterocycles. The molecule has 0 saturated carbocycles. The molecule has 0 aliphatic carbocycles. The zero-order valence-electron chi connectivity index (χ0n) is 5.10. The predicted octanol–water partition coefficient (Wildman–Crippen LogP) is 1.22. The molecule has 0 radical (unpaired) electrons. The summed E-state index contributed by atoms with van der Waals surface area (Å²) in [5.41, 5.74) is 1.47. The highest BCUT2D eigenvalue weighted by Gasteiger charge is 2.30. The maximum atomic E-state index is 2.25. The van der Waals surface area contributed by atoms with Gasteiger partial charge in [0.2, 0.25) is 0 Å². The standard InChI is InChI=1S/C6H11N/c1-4-6-5(2)7(6)3/h4-5H,1-3H3/b6-4-. The molecule has 1 aliphatic rings. The molecule has 0 aromatic rings. The van der Waals surface area contributed by atoms with Gasteiger partial charge in [0.05, 0.1) is 6.04 Å². The Balaban J connectivity index is 2.54. The number of hydrogen-bond donors (Lipinski definition) is 0. The Kier molecular flexibility index (Phi) is 0.841. The van der Waals surface area contributed by atoms with Gasteiger partial charge in [-0.05, 0) is 13.8 Å². The Morgan fingerprint density at radius 1 is 1.71 bits per heavy atom. The van der Waals surface area contributed by atoms with E-state index >= 15 is 0 Å². The van der Waals surface area contributed by atoms with Crippen LogP contribution in [0.15, 0.2) is 11.8 Å². The zero-order chi connectivity index (χ0) is 5.44. The lowest BCUT2D eigenvalue weighted by Crippen LogP contribution is -1.84. The molecule has 0 amide bonds. The summed E-state index contributed by atoms with van der Waals surface area (Å²) in [4.78, 5) is 2.25. The normalized spacial score (nSPS) is 34.4. The molecule has 7 heavy (non-hydrogen) atoms. The zero-order valence-corrected chi connectivity index (χ0v) is 5.10. The van der Waals surface area contributed by atoms with E-state index in [9.17, 15) is 0 Å². The van der Waals surface area contributed by atoms with Crippen molar-refractivity contribution in [3.8, 4) is 0 Å². The van der Waals surface area contributed by atoms with Gasteiger partial charge in [0, 0.05) is 12.7 Å². The smallest absolute Gasteiger partial charge is 0.0653 e. The van der Waals surface area contributed by atoms with Crippen LogP contribution in [-0.2, 0) is 0 Å². The Morgan fingerprint density at radius 3 is 2.14 bits per heavy atom. The first-order chi connectivity index (χ1) is 3.27. The van der Waals surface area contributed by atoms with Gasteiger partial charge in [-0.1, -0.05) is 6.08 Å². The summed E-state index contributed by atoms with van der Waals surface area (Å²) in [6.07, 6.45) is 2.16. The highest BCUT2D eigenvalue weighted by atomic mass is 15.3. The largest absolute Gasteiger partial charge is 0.368 e. The van der Waals surface area contributed by atoms with Crippen LogP contribution in [0.5, 0.6) is 0 Å². The van der Waals surface area contributed by atoms with E-state index in [2.05, 4.69) is 31.9 Å². The van der Waals surface area contributed by atoms with E-state index in [-0.39, 0.29) is 0 Å². The second-order valence-corrected chi connectivity index (χ2v) is 2.00. The Labute approximate surface area is 44.6 Å². The number of rotatable bonds is 0. The van der Waals surface area contributed by atoms with Crippen molar-refractivity contribution < 1.29 is 0 Å². The highest BCUT2D eigenvalue weighted by molar-refractivity contribution is 5.22. The maximum absolute atomic E-state index is 2.25. The monoisotopic (exact) mass is 97.1 g/mol. The average molecular weight is 97.2 g/mol. The number of hydrogen-bond acceptors (Lipinski definition) is 1. The molecule has 1 saturated heterocycles. The lowest BCUT2D eigenvalue weighted by Gasteiger charge is -1.79. The van der Waals surface area contributed by atoms with E-state index < -0.39 is 0 Å². The minimum Gasteiger partial charge on any atom is -0.368 e. The summed E-state index contributed by atoms with van der Waals surface area (Å²) in [7, 11) is 2.11. The van der Waals surface area contributed by atoms with Crippen molar-refractivity contribution >= 4 is 0 Å². The van der Waals surface area contributed by atoms with Crippen molar-refractivity contribution in [2.24, 2.45) is 0 Å². The highest BCUT2D eigenvalue weighted by Crippen LogP contribution is 2.28. The number of likely N-dealkylation sites (N-methyl/N-ethyl adjacent to an activating group) is 1. The van der Waals surface area contributed by atoms with Crippen molar-refractivity contribution in [3.63, 3.8) is 0 Å². The molecule has 0 spiro atoms. The van der Waals surface area contributed by atoms with Crippen molar-refractivity contribution in [1.82, 2.24) is 4.90 Å². The van der Waals surface area contributed by atoms with Crippen LogP contribution in [0, 0.1) is 0 Å². The first-order valence-electron chi connectivity index (χ1n) is 2.66. The van der Waals surface area contributed by atoms with Crippen molar-refractivity contribution in [2.45, 2.75) is 19.9 Å². The van der Waals surface area contributed by atoms with E-state index in [1.165, 1.54) is 5.70 Å². The first-order valence-corrected chi connectivity index (χ1v) is 2.66. The summed E-state index contributed by atoms with van der Waals surface area (Å²) in [6.45, 7) is 4.28. The molecular formula is C6H11N. The van der Waals surface area contributed by atoms with E-state index in [1.807, 2.05) is 0 Å². The third-order valence-electron chi connectivity index (χ3n) is 1.64. The summed E-state index contributed by atoms with van der Waals surface area (Å²) < 4.78 is 0. The summed E-state index contributed by atoms with van der Waals surface area (Å²) in [5.74, 6) is 0. The second kappa shape index (κ2) is 1.25. The SMILES string of the molecule is C/C=C1/C(C)N1C. The fourth-order valence-electron chi connectivity index (χ4n) is 0.893. The molecule has 40 valence electrons. The Bertz CT molecular complexity index is 94.7. The van der Waals surface area contributed by atoms with E-state index in [1.54, 1.807) is 0 Å². The van der Waals surface area contributed by atoms with Crippen LogP contribution in [0.2, 0.25) is 0 Å². The maximum Gasteiger partial charge on any atom is 0.0653 e. The molecule has 0 bridgehead atoms. The predicted molar refractivity (Wildman–Crippen MR) is 31.0 cm³/mol. The summed E-state index contributed by atoms with van der Waals surface area (Å²) in [6, 6.07) is 0.727. The number of nitrogens with zero attached hydrogens (tertiary/aromatic N) is 1. The van der Waals surface area contributed by atoms with Crippen LogP contribution in [0.3, 0.4) is 0 Å². The van der Waals surface area contributed by atoms with Crippen LogP contribution >= 0.6 is 0 Å². The lowest BCUT2D eigenvalue weighted by atomic mass is 10.4.